The highest BCUT2D eigenvalue weighted by Crippen LogP contribution is 2.28. The summed E-state index contributed by atoms with van der Waals surface area (Å²) < 4.78 is 5.05. The molecule has 2 rings (SSSR count). The lowest BCUT2D eigenvalue weighted by Gasteiger charge is -2.41. The maximum atomic E-state index is 10.9. The number of hydrogen-bond acceptors (Lipinski definition) is 4. The number of primary amides is 1. The second-order valence-corrected chi connectivity index (χ2v) is 4.05. The van der Waals surface area contributed by atoms with Crippen molar-refractivity contribution in [3.05, 3.63) is 35.9 Å². The lowest BCUT2D eigenvalue weighted by Crippen LogP contribution is -2.54. The van der Waals surface area contributed by atoms with Crippen LogP contribution in [0.25, 0.3) is 0 Å². The van der Waals surface area contributed by atoms with Gasteiger partial charge >= 0.3 is 0 Å². The molecule has 1 aliphatic rings. The quantitative estimate of drug-likeness (QED) is 0.742. The molecule has 1 aromatic rings. The molecule has 1 heterocycles. The second-order valence-electron chi connectivity index (χ2n) is 4.05. The van der Waals surface area contributed by atoms with Crippen LogP contribution in [0.1, 0.15) is 11.8 Å². The molecule has 17 heavy (non-hydrogen) atoms. The molecule has 1 atom stereocenters. The number of nitrogens with zero attached hydrogens (tertiary/aromatic N) is 1. The summed E-state index contributed by atoms with van der Waals surface area (Å²) in [6.45, 7) is 1.49. The zero-order valence-electron chi connectivity index (χ0n) is 9.28. The van der Waals surface area contributed by atoms with E-state index in [-0.39, 0.29) is 11.8 Å². The minimum absolute atomic E-state index is 0.142. The van der Waals surface area contributed by atoms with Crippen molar-refractivity contribution in [2.75, 3.05) is 13.1 Å². The van der Waals surface area contributed by atoms with Crippen molar-refractivity contribution >= 4 is 12.4 Å². The Bertz CT molecular complexity index is 401. The van der Waals surface area contributed by atoms with Crippen molar-refractivity contribution in [3.63, 3.8) is 0 Å². The molecule has 1 unspecified atom stereocenters. The molecular formula is C12H14N2O3. The SMILES string of the molecule is NC(=O)C1CN(C(OC=O)c2ccccc2)C1. The molecule has 0 aromatic heterocycles. The van der Waals surface area contributed by atoms with Crippen LogP contribution in [0, 0.1) is 5.92 Å². The van der Waals surface area contributed by atoms with Gasteiger partial charge in [0, 0.05) is 18.7 Å². The fourth-order valence-corrected chi connectivity index (χ4v) is 1.93. The zero-order valence-corrected chi connectivity index (χ0v) is 9.28. The predicted octanol–water partition coefficient (Wildman–Crippen LogP) is 0.275. The molecule has 1 aromatic carbocycles. The summed E-state index contributed by atoms with van der Waals surface area (Å²) in [5, 5.41) is 0. The number of carbonyl (C=O) groups is 2. The third kappa shape index (κ3) is 2.45. The van der Waals surface area contributed by atoms with Gasteiger partial charge < -0.3 is 10.5 Å². The summed E-state index contributed by atoms with van der Waals surface area (Å²) in [6.07, 6.45) is -0.427. The number of ether oxygens (including phenoxy) is 1. The van der Waals surface area contributed by atoms with E-state index < -0.39 is 6.23 Å². The molecule has 0 spiro atoms. The van der Waals surface area contributed by atoms with E-state index in [1.54, 1.807) is 0 Å². The molecule has 2 N–H and O–H groups in total. The highest BCUT2D eigenvalue weighted by Gasteiger charge is 2.37. The molecule has 1 saturated heterocycles. The number of benzene rings is 1. The van der Waals surface area contributed by atoms with Gasteiger partial charge in [0.15, 0.2) is 6.23 Å². The molecule has 5 heteroatoms. The maximum absolute atomic E-state index is 10.9. The standard InChI is InChI=1S/C12H14N2O3/c13-11(16)10-6-14(7-10)12(17-8-15)9-4-2-1-3-5-9/h1-5,8,10,12H,6-7H2,(H2,13,16). The van der Waals surface area contributed by atoms with Gasteiger partial charge in [-0.3, -0.25) is 14.5 Å². The highest BCUT2D eigenvalue weighted by molar-refractivity contribution is 5.78. The van der Waals surface area contributed by atoms with Crippen LogP contribution in [0.2, 0.25) is 0 Å². The fourth-order valence-electron chi connectivity index (χ4n) is 1.93. The monoisotopic (exact) mass is 234 g/mol. The van der Waals surface area contributed by atoms with E-state index in [1.165, 1.54) is 0 Å². The van der Waals surface area contributed by atoms with E-state index in [1.807, 2.05) is 35.2 Å². The Labute approximate surface area is 99.2 Å². The predicted molar refractivity (Wildman–Crippen MR) is 60.6 cm³/mol. The van der Waals surface area contributed by atoms with Gasteiger partial charge in [-0.2, -0.15) is 0 Å². The van der Waals surface area contributed by atoms with Gasteiger partial charge in [0.2, 0.25) is 5.91 Å². The Kier molecular flexibility index (Phi) is 3.39. The fraction of sp³-hybridized carbons (Fsp3) is 0.333. The van der Waals surface area contributed by atoms with Gasteiger partial charge in [0.25, 0.3) is 6.47 Å². The minimum atomic E-state index is -0.427. The Balaban J connectivity index is 2.05. The second kappa shape index (κ2) is 4.97. The van der Waals surface area contributed by atoms with Crippen molar-refractivity contribution in [3.8, 4) is 0 Å². The van der Waals surface area contributed by atoms with E-state index >= 15 is 0 Å². The summed E-state index contributed by atoms with van der Waals surface area (Å²) in [7, 11) is 0. The number of carbonyl (C=O) groups excluding carboxylic acids is 2. The summed E-state index contributed by atoms with van der Waals surface area (Å²) >= 11 is 0. The van der Waals surface area contributed by atoms with Crippen molar-refractivity contribution in [1.29, 1.82) is 0 Å². The lowest BCUT2D eigenvalue weighted by atomic mass is 9.98. The Morgan fingerprint density at radius 1 is 1.41 bits per heavy atom. The zero-order chi connectivity index (χ0) is 12.3. The van der Waals surface area contributed by atoms with Crippen LogP contribution >= 0.6 is 0 Å². The van der Waals surface area contributed by atoms with Crippen LogP contribution in [0.5, 0.6) is 0 Å². The normalized spacial score (nSPS) is 18.1. The van der Waals surface area contributed by atoms with Crippen molar-refractivity contribution in [2.45, 2.75) is 6.23 Å². The first-order valence-electron chi connectivity index (χ1n) is 5.40. The summed E-state index contributed by atoms with van der Waals surface area (Å²) in [5.41, 5.74) is 6.09. The third-order valence-corrected chi connectivity index (χ3v) is 2.91. The number of rotatable bonds is 5. The molecule has 0 radical (unpaired) electrons. The van der Waals surface area contributed by atoms with Gasteiger partial charge in [-0.15, -0.1) is 0 Å². The topological polar surface area (TPSA) is 72.6 Å². The maximum Gasteiger partial charge on any atom is 0.294 e. The van der Waals surface area contributed by atoms with E-state index in [2.05, 4.69) is 0 Å². The largest absolute Gasteiger partial charge is 0.444 e. The molecule has 0 saturated carbocycles. The number of amides is 1. The molecule has 5 nitrogen and oxygen atoms in total. The summed E-state index contributed by atoms with van der Waals surface area (Å²) in [6, 6.07) is 9.41. The van der Waals surface area contributed by atoms with E-state index in [0.717, 1.165) is 5.56 Å². The summed E-state index contributed by atoms with van der Waals surface area (Å²) in [5.74, 6) is -0.448. The number of nitrogens with two attached hydrogens (primary N) is 1. The average molecular weight is 234 g/mol. The van der Waals surface area contributed by atoms with E-state index in [9.17, 15) is 9.59 Å². The van der Waals surface area contributed by atoms with Gasteiger partial charge in [-0.05, 0) is 0 Å². The van der Waals surface area contributed by atoms with Crippen LogP contribution in [0.4, 0.5) is 0 Å². The van der Waals surface area contributed by atoms with Gasteiger partial charge in [-0.25, -0.2) is 0 Å². The average Bonchev–Trinajstić information content (AvgIpc) is 2.27. The number of hydrogen-bond donors (Lipinski definition) is 1. The molecule has 90 valence electrons. The van der Waals surface area contributed by atoms with Crippen molar-refractivity contribution in [2.24, 2.45) is 11.7 Å². The van der Waals surface area contributed by atoms with Crippen LogP contribution in [-0.4, -0.2) is 30.4 Å². The first-order valence-corrected chi connectivity index (χ1v) is 5.40. The van der Waals surface area contributed by atoms with E-state index in [4.69, 9.17) is 10.5 Å². The Morgan fingerprint density at radius 3 is 2.59 bits per heavy atom. The van der Waals surface area contributed by atoms with Crippen LogP contribution in [-0.2, 0) is 14.3 Å². The van der Waals surface area contributed by atoms with Crippen LogP contribution in [0.15, 0.2) is 30.3 Å². The smallest absolute Gasteiger partial charge is 0.294 e. The molecular weight excluding hydrogens is 220 g/mol. The van der Waals surface area contributed by atoms with Gasteiger partial charge in [0.05, 0.1) is 5.92 Å². The molecule has 0 aliphatic carbocycles. The van der Waals surface area contributed by atoms with Gasteiger partial charge in [-0.1, -0.05) is 30.3 Å². The first kappa shape index (κ1) is 11.6. The highest BCUT2D eigenvalue weighted by atomic mass is 16.5. The molecule has 1 aliphatic heterocycles. The number of likely N-dealkylation sites (tertiary alicyclic amines) is 1. The molecule has 0 bridgehead atoms. The van der Waals surface area contributed by atoms with Crippen molar-refractivity contribution < 1.29 is 14.3 Å². The Morgan fingerprint density at radius 2 is 2.06 bits per heavy atom. The Hall–Kier alpha value is -1.88. The molecule has 1 fully saturated rings. The summed E-state index contributed by atoms with van der Waals surface area (Å²) in [4.78, 5) is 23.3. The first-order chi connectivity index (χ1) is 8.22. The van der Waals surface area contributed by atoms with Crippen LogP contribution in [0.3, 0.4) is 0 Å². The third-order valence-electron chi connectivity index (χ3n) is 2.91. The lowest BCUT2D eigenvalue weighted by molar-refractivity contribution is -0.155. The van der Waals surface area contributed by atoms with Crippen molar-refractivity contribution in [1.82, 2.24) is 4.90 Å². The van der Waals surface area contributed by atoms with E-state index in [0.29, 0.717) is 19.6 Å². The van der Waals surface area contributed by atoms with Gasteiger partial charge in [0.1, 0.15) is 0 Å². The molecule has 1 amide bonds. The van der Waals surface area contributed by atoms with Crippen LogP contribution < -0.4 is 5.73 Å². The minimum Gasteiger partial charge on any atom is -0.444 e.